The topological polar surface area (TPSA) is 12.5 Å². The zero-order valence-electron chi connectivity index (χ0n) is 10.8. The van der Waals surface area contributed by atoms with Crippen molar-refractivity contribution in [3.8, 4) is 5.75 Å². The molecule has 0 saturated carbocycles. The van der Waals surface area contributed by atoms with Gasteiger partial charge in [-0.3, -0.25) is 0 Å². The summed E-state index contributed by atoms with van der Waals surface area (Å²) in [5, 5.41) is 0. The molecule has 1 aromatic rings. The van der Waals surface area contributed by atoms with E-state index in [4.69, 9.17) is 4.74 Å². The van der Waals surface area contributed by atoms with E-state index in [1.165, 1.54) is 23.7 Å². The molecule has 2 heterocycles. The second kappa shape index (κ2) is 5.25. The lowest BCUT2D eigenvalue weighted by molar-refractivity contribution is 0.336. The molecule has 1 aromatic carbocycles. The fourth-order valence-corrected chi connectivity index (χ4v) is 6.17. The second-order valence-corrected chi connectivity index (χ2v) is 7.73. The van der Waals surface area contributed by atoms with Crippen LogP contribution in [-0.2, 0) is 0 Å². The highest BCUT2D eigenvalue weighted by Gasteiger charge is 2.42. The molecule has 0 amide bonds. The van der Waals surface area contributed by atoms with Gasteiger partial charge in [-0.05, 0) is 30.2 Å². The molecule has 4 heteroatoms. The summed E-state index contributed by atoms with van der Waals surface area (Å²) >= 11 is 4.27. The van der Waals surface area contributed by atoms with Crippen LogP contribution in [-0.4, -0.2) is 35.8 Å². The minimum Gasteiger partial charge on any atom is -0.497 e. The highest BCUT2D eigenvalue weighted by Crippen LogP contribution is 2.44. The Morgan fingerprint density at radius 3 is 2.39 bits per heavy atom. The molecule has 0 spiro atoms. The SMILES string of the molecule is COc1ccc(N2C[C@H](C)[C@H]2C2SCCS2)cc1. The number of benzene rings is 1. The van der Waals surface area contributed by atoms with Crippen LogP contribution in [0.4, 0.5) is 5.69 Å². The summed E-state index contributed by atoms with van der Waals surface area (Å²) in [6.07, 6.45) is 0. The molecular weight excluding hydrogens is 262 g/mol. The summed E-state index contributed by atoms with van der Waals surface area (Å²) in [6, 6.07) is 9.19. The van der Waals surface area contributed by atoms with Gasteiger partial charge >= 0.3 is 0 Å². The third-order valence-corrected chi connectivity index (χ3v) is 6.93. The third kappa shape index (κ3) is 2.21. The maximum atomic E-state index is 5.22. The molecule has 0 aliphatic carbocycles. The van der Waals surface area contributed by atoms with E-state index in [2.05, 4.69) is 59.6 Å². The Hall–Kier alpha value is -0.480. The van der Waals surface area contributed by atoms with Crippen molar-refractivity contribution < 1.29 is 4.74 Å². The summed E-state index contributed by atoms with van der Waals surface area (Å²) in [7, 11) is 1.72. The molecule has 2 atom stereocenters. The minimum atomic E-state index is 0.705. The van der Waals surface area contributed by atoms with Crippen molar-refractivity contribution in [1.29, 1.82) is 0 Å². The minimum absolute atomic E-state index is 0.705. The summed E-state index contributed by atoms with van der Waals surface area (Å²) in [6.45, 7) is 3.57. The van der Waals surface area contributed by atoms with Gasteiger partial charge in [-0.1, -0.05) is 6.92 Å². The predicted molar refractivity (Wildman–Crippen MR) is 82.0 cm³/mol. The lowest BCUT2D eigenvalue weighted by atomic mass is 9.91. The Morgan fingerprint density at radius 2 is 1.83 bits per heavy atom. The van der Waals surface area contributed by atoms with Crippen LogP contribution >= 0.6 is 23.5 Å². The summed E-state index contributed by atoms with van der Waals surface area (Å²) in [5.74, 6) is 4.38. The molecule has 0 radical (unpaired) electrons. The van der Waals surface area contributed by atoms with Gasteiger partial charge in [0.2, 0.25) is 0 Å². The summed E-state index contributed by atoms with van der Waals surface area (Å²) in [4.78, 5) is 2.56. The van der Waals surface area contributed by atoms with Crippen molar-refractivity contribution in [2.24, 2.45) is 5.92 Å². The molecule has 2 aliphatic rings. The van der Waals surface area contributed by atoms with Crippen LogP contribution in [0.15, 0.2) is 24.3 Å². The van der Waals surface area contributed by atoms with Crippen molar-refractivity contribution in [2.75, 3.05) is 30.1 Å². The molecule has 0 bridgehead atoms. The normalized spacial score (nSPS) is 28.2. The van der Waals surface area contributed by atoms with Crippen molar-refractivity contribution in [2.45, 2.75) is 17.5 Å². The molecule has 0 unspecified atom stereocenters. The van der Waals surface area contributed by atoms with Crippen LogP contribution in [0.1, 0.15) is 6.92 Å². The monoisotopic (exact) mass is 281 g/mol. The average Bonchev–Trinajstić information content (AvgIpc) is 2.89. The van der Waals surface area contributed by atoms with Crippen LogP contribution in [0.3, 0.4) is 0 Å². The Labute approximate surface area is 117 Å². The Bertz CT molecular complexity index is 403. The van der Waals surface area contributed by atoms with Crippen LogP contribution in [0, 0.1) is 5.92 Å². The predicted octanol–water partition coefficient (Wildman–Crippen LogP) is 3.33. The van der Waals surface area contributed by atoms with Crippen LogP contribution in [0.2, 0.25) is 0 Å². The van der Waals surface area contributed by atoms with Gasteiger partial charge in [-0.2, -0.15) is 0 Å². The van der Waals surface area contributed by atoms with Crippen molar-refractivity contribution >= 4 is 29.2 Å². The van der Waals surface area contributed by atoms with Crippen molar-refractivity contribution in [3.05, 3.63) is 24.3 Å². The molecule has 0 aromatic heterocycles. The Balaban J connectivity index is 1.74. The standard InChI is InChI=1S/C14H19NOS2/c1-10-9-15(13(10)14-17-7-8-18-14)11-3-5-12(16-2)6-4-11/h3-6,10,13-14H,7-9H2,1-2H3/t10-,13-/m0/s1. The van der Waals surface area contributed by atoms with E-state index >= 15 is 0 Å². The lowest BCUT2D eigenvalue weighted by Gasteiger charge is -2.50. The first-order chi connectivity index (χ1) is 8.79. The van der Waals surface area contributed by atoms with Crippen LogP contribution in [0.5, 0.6) is 5.75 Å². The fourth-order valence-electron chi connectivity index (χ4n) is 2.75. The first-order valence-electron chi connectivity index (χ1n) is 6.43. The van der Waals surface area contributed by atoms with Crippen LogP contribution in [0.25, 0.3) is 0 Å². The Kier molecular flexibility index (Phi) is 3.66. The first-order valence-corrected chi connectivity index (χ1v) is 8.53. The molecule has 98 valence electrons. The number of hydrogen-bond donors (Lipinski definition) is 0. The Morgan fingerprint density at radius 1 is 1.17 bits per heavy atom. The number of ether oxygens (including phenoxy) is 1. The van der Waals surface area contributed by atoms with E-state index in [1.807, 2.05) is 0 Å². The van der Waals surface area contributed by atoms with Crippen molar-refractivity contribution in [3.63, 3.8) is 0 Å². The molecule has 2 aliphatic heterocycles. The van der Waals surface area contributed by atoms with E-state index in [0.717, 1.165) is 16.2 Å². The number of hydrogen-bond acceptors (Lipinski definition) is 4. The maximum Gasteiger partial charge on any atom is 0.119 e. The van der Waals surface area contributed by atoms with E-state index < -0.39 is 0 Å². The van der Waals surface area contributed by atoms with Crippen LogP contribution < -0.4 is 9.64 Å². The largest absolute Gasteiger partial charge is 0.497 e. The third-order valence-electron chi connectivity index (χ3n) is 3.76. The zero-order valence-corrected chi connectivity index (χ0v) is 12.5. The van der Waals surface area contributed by atoms with E-state index in [9.17, 15) is 0 Å². The smallest absolute Gasteiger partial charge is 0.119 e. The van der Waals surface area contributed by atoms with Gasteiger partial charge < -0.3 is 9.64 Å². The molecule has 0 N–H and O–H groups in total. The fraction of sp³-hybridized carbons (Fsp3) is 0.571. The number of anilines is 1. The lowest BCUT2D eigenvalue weighted by Crippen LogP contribution is -2.59. The molecular formula is C14H19NOS2. The molecule has 2 fully saturated rings. The summed E-state index contributed by atoms with van der Waals surface area (Å²) in [5.41, 5.74) is 1.34. The first kappa shape index (κ1) is 12.5. The van der Waals surface area contributed by atoms with E-state index in [0.29, 0.717) is 6.04 Å². The number of thioether (sulfide) groups is 2. The highest BCUT2D eigenvalue weighted by atomic mass is 32.2. The van der Waals surface area contributed by atoms with Gasteiger partial charge in [-0.15, -0.1) is 23.5 Å². The average molecular weight is 281 g/mol. The summed E-state index contributed by atoms with van der Waals surface area (Å²) < 4.78 is 5.98. The number of methoxy groups -OCH3 is 1. The number of rotatable bonds is 3. The second-order valence-electron chi connectivity index (χ2n) is 4.93. The molecule has 2 nitrogen and oxygen atoms in total. The molecule has 18 heavy (non-hydrogen) atoms. The molecule has 3 rings (SSSR count). The van der Waals surface area contributed by atoms with Gasteiger partial charge in [0.15, 0.2) is 0 Å². The quantitative estimate of drug-likeness (QED) is 0.842. The van der Waals surface area contributed by atoms with Gasteiger partial charge in [-0.25, -0.2) is 0 Å². The van der Waals surface area contributed by atoms with Gasteiger partial charge in [0, 0.05) is 23.7 Å². The van der Waals surface area contributed by atoms with E-state index in [-0.39, 0.29) is 0 Å². The van der Waals surface area contributed by atoms with Crippen molar-refractivity contribution in [1.82, 2.24) is 0 Å². The number of nitrogens with zero attached hydrogens (tertiary/aromatic N) is 1. The highest BCUT2D eigenvalue weighted by molar-refractivity contribution is 8.20. The molecule has 2 saturated heterocycles. The zero-order chi connectivity index (χ0) is 12.5. The van der Waals surface area contributed by atoms with E-state index in [1.54, 1.807) is 7.11 Å². The van der Waals surface area contributed by atoms with Gasteiger partial charge in [0.05, 0.1) is 17.7 Å². The van der Waals surface area contributed by atoms with Gasteiger partial charge in [0.25, 0.3) is 0 Å². The maximum absolute atomic E-state index is 5.22. The van der Waals surface area contributed by atoms with Gasteiger partial charge in [0.1, 0.15) is 5.75 Å².